The summed E-state index contributed by atoms with van der Waals surface area (Å²) in [6.45, 7) is 7.15. The van der Waals surface area contributed by atoms with Crippen LogP contribution in [-0.4, -0.2) is 53.4 Å². The molecular formula is C23H35N3O7. The zero-order valence-corrected chi connectivity index (χ0v) is 19.7. The molecule has 10 nitrogen and oxygen atoms in total. The topological polar surface area (TPSA) is 143 Å². The maximum atomic E-state index is 12.2. The largest absolute Gasteiger partial charge is 0.480 e. The molecule has 33 heavy (non-hydrogen) atoms. The number of nitrogens with one attached hydrogen (secondary N) is 3. The van der Waals surface area contributed by atoms with Gasteiger partial charge < -0.3 is 30.5 Å². The van der Waals surface area contributed by atoms with Crippen LogP contribution in [0.1, 0.15) is 58.9 Å². The fourth-order valence-corrected chi connectivity index (χ4v) is 2.75. The van der Waals surface area contributed by atoms with Crippen LogP contribution >= 0.6 is 0 Å². The van der Waals surface area contributed by atoms with E-state index >= 15 is 0 Å². The average molecular weight is 466 g/mol. The van der Waals surface area contributed by atoms with Crippen LogP contribution in [0.5, 0.6) is 0 Å². The molecule has 0 bridgehead atoms. The maximum absolute atomic E-state index is 12.2. The van der Waals surface area contributed by atoms with Crippen molar-refractivity contribution < 1.29 is 33.8 Å². The predicted molar refractivity (Wildman–Crippen MR) is 122 cm³/mol. The highest BCUT2D eigenvalue weighted by molar-refractivity contribution is 5.86. The smallest absolute Gasteiger partial charge is 0.407 e. The van der Waals surface area contributed by atoms with Gasteiger partial charge in [0.1, 0.15) is 17.7 Å². The van der Waals surface area contributed by atoms with Gasteiger partial charge in [-0.2, -0.15) is 0 Å². The van der Waals surface area contributed by atoms with E-state index in [1.165, 1.54) is 6.92 Å². The van der Waals surface area contributed by atoms with Gasteiger partial charge in [0.05, 0.1) is 0 Å². The fraction of sp³-hybridized carbons (Fsp3) is 0.565. The summed E-state index contributed by atoms with van der Waals surface area (Å²) in [7, 11) is 0. The molecule has 1 aromatic rings. The van der Waals surface area contributed by atoms with Gasteiger partial charge in [-0.25, -0.2) is 14.4 Å². The Kier molecular flexibility index (Phi) is 11.2. The van der Waals surface area contributed by atoms with Crippen molar-refractivity contribution in [2.45, 2.75) is 71.1 Å². The molecule has 0 aliphatic rings. The van der Waals surface area contributed by atoms with Crippen LogP contribution in [0.25, 0.3) is 0 Å². The van der Waals surface area contributed by atoms with E-state index in [0.29, 0.717) is 19.4 Å². The first kappa shape index (κ1) is 27.7. The van der Waals surface area contributed by atoms with Crippen LogP contribution in [0, 0.1) is 0 Å². The van der Waals surface area contributed by atoms with E-state index < -0.39 is 35.2 Å². The summed E-state index contributed by atoms with van der Waals surface area (Å²) < 4.78 is 10.2. The molecular weight excluding hydrogens is 430 g/mol. The minimum absolute atomic E-state index is 0.00889. The van der Waals surface area contributed by atoms with Crippen LogP contribution in [0.2, 0.25) is 0 Å². The lowest BCUT2D eigenvalue weighted by molar-refractivity contribution is -0.147. The number of benzene rings is 1. The Labute approximate surface area is 194 Å². The highest BCUT2D eigenvalue weighted by Crippen LogP contribution is 2.15. The van der Waals surface area contributed by atoms with Crippen molar-refractivity contribution in [1.82, 2.24) is 16.0 Å². The minimum atomic E-state index is -1.46. The predicted octanol–water partition coefficient (Wildman–Crippen LogP) is 2.96. The van der Waals surface area contributed by atoms with Gasteiger partial charge in [0.15, 0.2) is 0 Å². The molecule has 1 atom stereocenters. The monoisotopic (exact) mass is 465 g/mol. The van der Waals surface area contributed by atoms with Gasteiger partial charge in [-0.15, -0.1) is 0 Å². The number of carbonyl (C=O) groups excluding carboxylic acids is 3. The highest BCUT2D eigenvalue weighted by Gasteiger charge is 2.34. The number of rotatable bonds is 12. The molecule has 4 N–H and O–H groups in total. The van der Waals surface area contributed by atoms with Gasteiger partial charge in [-0.1, -0.05) is 30.3 Å². The van der Waals surface area contributed by atoms with Crippen molar-refractivity contribution in [2.75, 3.05) is 13.1 Å². The highest BCUT2D eigenvalue weighted by atomic mass is 16.6. The lowest BCUT2D eigenvalue weighted by Gasteiger charge is -2.26. The third-order valence-corrected chi connectivity index (χ3v) is 4.49. The first-order valence-corrected chi connectivity index (χ1v) is 10.9. The number of hydrogen-bond donors (Lipinski definition) is 4. The fourth-order valence-electron chi connectivity index (χ4n) is 2.75. The molecule has 3 amide bonds. The average Bonchev–Trinajstić information content (AvgIpc) is 2.71. The van der Waals surface area contributed by atoms with Gasteiger partial charge in [-0.05, 0) is 52.5 Å². The van der Waals surface area contributed by atoms with Gasteiger partial charge in [0.25, 0.3) is 0 Å². The van der Waals surface area contributed by atoms with E-state index in [1.807, 2.05) is 30.3 Å². The molecule has 0 radical (unpaired) electrons. The summed E-state index contributed by atoms with van der Waals surface area (Å²) in [6, 6.07) is 9.16. The van der Waals surface area contributed by atoms with E-state index in [4.69, 9.17) is 9.47 Å². The lowest BCUT2D eigenvalue weighted by atomic mass is 9.94. The standard InChI is InChI=1S/C23H35N3O7/c1-22(2,3)33-21(31)24-14-9-8-13-23(4,19(28)29)26-18(27)12-15-25-20(30)32-16-17-10-6-5-7-11-17/h5-7,10-11H,8-9,12-16H2,1-4H3,(H,24,31)(H,25,30)(H,26,27)(H,28,29)/t23-/m0/s1. The van der Waals surface area contributed by atoms with Crippen molar-refractivity contribution in [2.24, 2.45) is 0 Å². The van der Waals surface area contributed by atoms with Crippen molar-refractivity contribution in [3.8, 4) is 0 Å². The molecule has 0 aliphatic heterocycles. The van der Waals surface area contributed by atoms with Crippen molar-refractivity contribution in [3.63, 3.8) is 0 Å². The Morgan fingerprint density at radius 1 is 0.909 bits per heavy atom. The van der Waals surface area contributed by atoms with Gasteiger partial charge >= 0.3 is 18.2 Å². The number of ether oxygens (including phenoxy) is 2. The zero-order chi connectivity index (χ0) is 24.9. The second kappa shape index (κ2) is 13.3. The number of alkyl carbamates (subject to hydrolysis) is 2. The molecule has 0 aliphatic carbocycles. The van der Waals surface area contributed by atoms with Gasteiger partial charge in [0, 0.05) is 19.5 Å². The summed E-state index contributed by atoms with van der Waals surface area (Å²) in [6.07, 6.45) is -0.132. The Morgan fingerprint density at radius 2 is 1.55 bits per heavy atom. The number of carboxylic acid groups (broad SMARTS) is 1. The molecule has 0 unspecified atom stereocenters. The Hall–Kier alpha value is -3.30. The quantitative estimate of drug-likeness (QED) is 0.348. The third-order valence-electron chi connectivity index (χ3n) is 4.49. The van der Waals surface area contributed by atoms with E-state index in [0.717, 1.165) is 5.56 Å². The van der Waals surface area contributed by atoms with Crippen LogP contribution < -0.4 is 16.0 Å². The molecule has 1 aromatic carbocycles. The molecule has 0 aromatic heterocycles. The summed E-state index contributed by atoms with van der Waals surface area (Å²) in [5.74, 6) is -1.67. The first-order valence-electron chi connectivity index (χ1n) is 10.9. The number of carboxylic acids is 1. The molecule has 0 saturated heterocycles. The van der Waals surface area contributed by atoms with E-state index in [-0.39, 0.29) is 26.0 Å². The Bertz CT molecular complexity index is 793. The number of unbranched alkanes of at least 4 members (excludes halogenated alkanes) is 1. The Balaban J connectivity index is 2.30. The van der Waals surface area contributed by atoms with E-state index in [2.05, 4.69) is 16.0 Å². The summed E-state index contributed by atoms with van der Waals surface area (Å²) >= 11 is 0. The molecule has 0 fully saturated rings. The molecule has 0 spiro atoms. The van der Waals surface area contributed by atoms with E-state index in [1.54, 1.807) is 20.8 Å². The van der Waals surface area contributed by atoms with E-state index in [9.17, 15) is 24.3 Å². The molecule has 10 heteroatoms. The van der Waals surface area contributed by atoms with Gasteiger partial charge in [0.2, 0.25) is 5.91 Å². The third kappa shape index (κ3) is 12.4. The number of amides is 3. The van der Waals surface area contributed by atoms with Crippen LogP contribution in [0.3, 0.4) is 0 Å². The first-order chi connectivity index (χ1) is 15.4. The number of hydrogen-bond acceptors (Lipinski definition) is 6. The SMILES string of the molecule is CC(C)(C)OC(=O)NCCCC[C@](C)(NC(=O)CCNC(=O)OCc1ccccc1)C(=O)O. The molecule has 0 heterocycles. The van der Waals surface area contributed by atoms with Gasteiger partial charge in [-0.3, -0.25) is 4.79 Å². The minimum Gasteiger partial charge on any atom is -0.480 e. The summed E-state index contributed by atoms with van der Waals surface area (Å²) in [5.41, 5.74) is -1.22. The summed E-state index contributed by atoms with van der Waals surface area (Å²) in [4.78, 5) is 47.2. The zero-order valence-electron chi connectivity index (χ0n) is 19.7. The van der Waals surface area contributed by atoms with Crippen LogP contribution in [0.15, 0.2) is 30.3 Å². The summed E-state index contributed by atoms with van der Waals surface area (Å²) in [5, 5.41) is 17.1. The normalized spacial score (nSPS) is 12.7. The number of carbonyl (C=O) groups is 4. The second-order valence-electron chi connectivity index (χ2n) is 8.81. The van der Waals surface area contributed by atoms with Crippen molar-refractivity contribution >= 4 is 24.1 Å². The second-order valence-corrected chi connectivity index (χ2v) is 8.81. The van der Waals surface area contributed by atoms with Crippen LogP contribution in [0.4, 0.5) is 9.59 Å². The Morgan fingerprint density at radius 3 is 2.15 bits per heavy atom. The molecule has 184 valence electrons. The lowest BCUT2D eigenvalue weighted by Crippen LogP contribution is -2.52. The molecule has 0 saturated carbocycles. The molecule has 1 rings (SSSR count). The maximum Gasteiger partial charge on any atom is 0.407 e. The van der Waals surface area contributed by atoms with Crippen molar-refractivity contribution in [1.29, 1.82) is 0 Å². The number of aliphatic carboxylic acids is 1. The van der Waals surface area contributed by atoms with Crippen LogP contribution in [-0.2, 0) is 25.7 Å². The van der Waals surface area contributed by atoms with Crippen molar-refractivity contribution in [3.05, 3.63) is 35.9 Å².